The third-order valence-corrected chi connectivity index (χ3v) is 6.67. The molecule has 11 heteroatoms. The summed E-state index contributed by atoms with van der Waals surface area (Å²) < 4.78 is 22.4. The van der Waals surface area contributed by atoms with Gasteiger partial charge in [0.15, 0.2) is 0 Å². The van der Waals surface area contributed by atoms with Gasteiger partial charge in [0.05, 0.1) is 25.3 Å². The summed E-state index contributed by atoms with van der Waals surface area (Å²) in [6, 6.07) is 5.96. The van der Waals surface area contributed by atoms with Gasteiger partial charge in [-0.05, 0) is 83.7 Å². The van der Waals surface area contributed by atoms with Crippen LogP contribution in [0.5, 0.6) is 5.75 Å². The molecule has 1 aromatic carbocycles. The summed E-state index contributed by atoms with van der Waals surface area (Å²) in [7, 11) is 1.67. The van der Waals surface area contributed by atoms with Crippen molar-refractivity contribution in [3.63, 3.8) is 0 Å². The SMILES string of the molecule is CCCCOC(=O)C(C)(ONC(=O)OC(C)(C)C)C1CCc2cc(C3=NC(CCN)C(COC)N3)ccc2O1. The number of carbonyl (C=O) groups is 2. The average molecular weight is 549 g/mol. The fourth-order valence-corrected chi connectivity index (χ4v) is 4.55. The Morgan fingerprint density at radius 1 is 1.26 bits per heavy atom. The highest BCUT2D eigenvalue weighted by molar-refractivity contribution is 6.00. The van der Waals surface area contributed by atoms with Gasteiger partial charge in [-0.25, -0.2) is 14.4 Å². The quantitative estimate of drug-likeness (QED) is 0.204. The number of hydroxylamine groups is 1. The number of hydrogen-bond acceptors (Lipinski definition) is 10. The second kappa shape index (κ2) is 13.5. The number of carbonyl (C=O) groups excluding carboxylic acids is 2. The van der Waals surface area contributed by atoms with E-state index in [0.717, 1.165) is 29.8 Å². The minimum atomic E-state index is -1.60. The monoisotopic (exact) mass is 548 g/mol. The molecule has 1 amide bonds. The maximum atomic E-state index is 13.2. The van der Waals surface area contributed by atoms with Crippen molar-refractivity contribution >= 4 is 17.9 Å². The van der Waals surface area contributed by atoms with Crippen LogP contribution in [0.4, 0.5) is 4.79 Å². The van der Waals surface area contributed by atoms with Crippen LogP contribution in [0.15, 0.2) is 23.2 Å². The molecule has 2 heterocycles. The number of unbranched alkanes of at least 4 members (excludes halogenated alkanes) is 1. The first-order chi connectivity index (χ1) is 18.5. The molecule has 39 heavy (non-hydrogen) atoms. The molecule has 0 aliphatic carbocycles. The van der Waals surface area contributed by atoms with Crippen LogP contribution in [0.25, 0.3) is 0 Å². The number of aryl methyl sites for hydroxylation is 1. The predicted octanol–water partition coefficient (Wildman–Crippen LogP) is 3.02. The van der Waals surface area contributed by atoms with Gasteiger partial charge in [-0.2, -0.15) is 5.48 Å². The Bertz CT molecular complexity index is 1030. The Kier molecular flexibility index (Phi) is 10.6. The van der Waals surface area contributed by atoms with Crippen LogP contribution in [0.2, 0.25) is 0 Å². The lowest BCUT2D eigenvalue weighted by Gasteiger charge is -2.37. The maximum Gasteiger partial charge on any atom is 0.431 e. The lowest BCUT2D eigenvalue weighted by molar-refractivity contribution is -0.196. The van der Waals surface area contributed by atoms with Gasteiger partial charge < -0.3 is 30.0 Å². The molecule has 11 nitrogen and oxygen atoms in total. The molecule has 3 rings (SSSR count). The smallest absolute Gasteiger partial charge is 0.431 e. The molecule has 0 aromatic heterocycles. The topological polar surface area (TPSA) is 143 Å². The van der Waals surface area contributed by atoms with E-state index in [2.05, 4.69) is 10.8 Å². The van der Waals surface area contributed by atoms with Gasteiger partial charge in [-0.3, -0.25) is 4.99 Å². The van der Waals surface area contributed by atoms with E-state index in [-0.39, 0.29) is 18.7 Å². The second-order valence-corrected chi connectivity index (χ2v) is 11.1. The molecular formula is C28H44N4O7. The molecule has 0 saturated carbocycles. The van der Waals surface area contributed by atoms with Crippen LogP contribution in [0.3, 0.4) is 0 Å². The fraction of sp³-hybridized carbons (Fsp3) is 0.679. The molecule has 0 saturated heterocycles. The van der Waals surface area contributed by atoms with E-state index < -0.39 is 29.4 Å². The number of nitrogens with two attached hydrogens (primary N) is 1. The molecule has 0 bridgehead atoms. The zero-order chi connectivity index (χ0) is 28.6. The zero-order valence-corrected chi connectivity index (χ0v) is 24.0. The van der Waals surface area contributed by atoms with Crippen LogP contribution in [-0.2, 0) is 30.3 Å². The molecule has 4 atom stereocenters. The molecule has 0 radical (unpaired) electrons. The van der Waals surface area contributed by atoms with Crippen molar-refractivity contribution in [1.82, 2.24) is 10.8 Å². The third-order valence-electron chi connectivity index (χ3n) is 6.67. The van der Waals surface area contributed by atoms with Crippen molar-refractivity contribution in [2.24, 2.45) is 10.7 Å². The summed E-state index contributed by atoms with van der Waals surface area (Å²) in [6.45, 7) is 10.1. The number of fused-ring (bicyclic) bond motifs is 1. The second-order valence-electron chi connectivity index (χ2n) is 11.1. The first-order valence-corrected chi connectivity index (χ1v) is 13.7. The molecule has 218 valence electrons. The van der Waals surface area contributed by atoms with Crippen molar-refractivity contribution in [3.05, 3.63) is 29.3 Å². The van der Waals surface area contributed by atoms with Crippen LogP contribution < -0.4 is 21.3 Å². The molecule has 4 unspecified atom stereocenters. The number of ether oxygens (including phenoxy) is 4. The minimum absolute atomic E-state index is 0.0515. The molecule has 2 aliphatic heterocycles. The molecular weight excluding hydrogens is 504 g/mol. The number of nitrogens with one attached hydrogen (secondary N) is 2. The van der Waals surface area contributed by atoms with Gasteiger partial charge in [0.1, 0.15) is 23.3 Å². The Labute approximate surface area is 231 Å². The molecule has 4 N–H and O–H groups in total. The van der Waals surface area contributed by atoms with Gasteiger partial charge >= 0.3 is 12.1 Å². The average Bonchev–Trinajstić information content (AvgIpc) is 3.28. The van der Waals surface area contributed by atoms with E-state index in [1.165, 1.54) is 0 Å². The molecule has 0 fully saturated rings. The van der Waals surface area contributed by atoms with Crippen molar-refractivity contribution < 1.29 is 33.4 Å². The molecule has 0 spiro atoms. The highest BCUT2D eigenvalue weighted by Crippen LogP contribution is 2.35. The Morgan fingerprint density at radius 2 is 2.03 bits per heavy atom. The van der Waals surface area contributed by atoms with E-state index >= 15 is 0 Å². The number of nitrogens with zero attached hydrogens (tertiary/aromatic N) is 1. The normalized spacial score (nSPS) is 22.0. The van der Waals surface area contributed by atoms with Crippen LogP contribution >= 0.6 is 0 Å². The molecule has 1 aromatic rings. The number of amides is 1. The lowest BCUT2D eigenvalue weighted by atomic mass is 9.90. The number of amidine groups is 1. The number of methoxy groups -OCH3 is 1. The van der Waals surface area contributed by atoms with Gasteiger partial charge in [-0.1, -0.05) is 13.3 Å². The number of benzene rings is 1. The summed E-state index contributed by atoms with van der Waals surface area (Å²) in [6.07, 6.45) is 1.94. The Balaban J connectivity index is 1.77. The highest BCUT2D eigenvalue weighted by atomic mass is 16.7. The van der Waals surface area contributed by atoms with Crippen molar-refractivity contribution in [3.8, 4) is 5.75 Å². The van der Waals surface area contributed by atoms with E-state index in [9.17, 15) is 9.59 Å². The number of rotatable bonds is 12. The summed E-state index contributed by atoms with van der Waals surface area (Å²) in [4.78, 5) is 36.0. The molecule has 2 aliphatic rings. The van der Waals surface area contributed by atoms with Gasteiger partial charge in [0, 0.05) is 12.7 Å². The number of hydrogen-bond donors (Lipinski definition) is 3. The van der Waals surface area contributed by atoms with Crippen LogP contribution in [0, 0.1) is 0 Å². The van der Waals surface area contributed by atoms with E-state index in [1.54, 1.807) is 34.8 Å². The van der Waals surface area contributed by atoms with Gasteiger partial charge in [-0.15, -0.1) is 0 Å². The zero-order valence-electron chi connectivity index (χ0n) is 24.0. The summed E-state index contributed by atoms with van der Waals surface area (Å²) in [5.74, 6) is 0.820. The highest BCUT2D eigenvalue weighted by Gasteiger charge is 2.49. The largest absolute Gasteiger partial charge is 0.486 e. The number of esters is 1. The van der Waals surface area contributed by atoms with Crippen molar-refractivity contribution in [2.75, 3.05) is 26.9 Å². The Morgan fingerprint density at radius 3 is 2.69 bits per heavy atom. The van der Waals surface area contributed by atoms with E-state index in [1.807, 2.05) is 25.1 Å². The van der Waals surface area contributed by atoms with Crippen LogP contribution in [0.1, 0.15) is 71.4 Å². The number of aliphatic imine (C=N–C) groups is 1. The fourth-order valence-electron chi connectivity index (χ4n) is 4.55. The third kappa shape index (κ3) is 8.06. The van der Waals surface area contributed by atoms with Crippen molar-refractivity contribution in [2.45, 2.75) is 96.1 Å². The lowest BCUT2D eigenvalue weighted by Crippen LogP contribution is -2.57. The van der Waals surface area contributed by atoms with Crippen LogP contribution in [-0.4, -0.2) is 74.2 Å². The van der Waals surface area contributed by atoms with E-state index in [4.69, 9.17) is 34.5 Å². The van der Waals surface area contributed by atoms with Crippen molar-refractivity contribution in [1.29, 1.82) is 0 Å². The summed E-state index contributed by atoms with van der Waals surface area (Å²) >= 11 is 0. The van der Waals surface area contributed by atoms with Gasteiger partial charge in [0.25, 0.3) is 0 Å². The Hall–Kier alpha value is -2.89. The minimum Gasteiger partial charge on any atom is -0.486 e. The van der Waals surface area contributed by atoms with E-state index in [0.29, 0.717) is 38.2 Å². The first kappa shape index (κ1) is 30.6. The summed E-state index contributed by atoms with van der Waals surface area (Å²) in [5.41, 5.74) is 7.65. The standard InChI is InChI=1S/C28H44N4O7/c1-7-8-15-36-25(33)28(5,39-32-26(34)38-27(2,3)4)23-12-10-18-16-19(9-11-22(18)37-23)24-30-20(13-14-29)21(31-24)17-35-6/h9,11,16,20-21,23H,7-8,10,12-15,17,29H2,1-6H3,(H,30,31)(H,32,34). The van der Waals surface area contributed by atoms with Gasteiger partial charge in [0.2, 0.25) is 5.60 Å². The predicted molar refractivity (Wildman–Crippen MR) is 147 cm³/mol. The maximum absolute atomic E-state index is 13.2. The first-order valence-electron chi connectivity index (χ1n) is 13.7. The summed E-state index contributed by atoms with van der Waals surface area (Å²) in [5, 5.41) is 3.46.